The summed E-state index contributed by atoms with van der Waals surface area (Å²) in [6, 6.07) is 12.2. The minimum Gasteiger partial charge on any atom is -0.325 e. The molecule has 1 N–H and O–H groups in total. The summed E-state index contributed by atoms with van der Waals surface area (Å²) in [6.07, 6.45) is 4.65. The lowest BCUT2D eigenvalue weighted by Gasteiger charge is -2.22. The van der Waals surface area contributed by atoms with Gasteiger partial charge >= 0.3 is 0 Å². The van der Waals surface area contributed by atoms with Crippen molar-refractivity contribution in [2.24, 2.45) is 5.92 Å². The molecule has 0 radical (unpaired) electrons. The highest BCUT2D eigenvalue weighted by molar-refractivity contribution is 7.03. The van der Waals surface area contributed by atoms with E-state index in [9.17, 15) is 14.0 Å². The van der Waals surface area contributed by atoms with Crippen molar-refractivity contribution in [3.63, 3.8) is 0 Å². The summed E-state index contributed by atoms with van der Waals surface area (Å²) >= 11 is 7.53. The van der Waals surface area contributed by atoms with Crippen LogP contribution in [0.4, 0.5) is 10.1 Å². The molecule has 2 bridgehead atoms. The highest BCUT2D eigenvalue weighted by Gasteiger charge is 2.23. The van der Waals surface area contributed by atoms with Crippen LogP contribution in [0.3, 0.4) is 0 Å². The number of benzene rings is 2. The maximum Gasteiger partial charge on any atom is 0.254 e. The van der Waals surface area contributed by atoms with E-state index in [1.807, 2.05) is 18.4 Å². The van der Waals surface area contributed by atoms with Crippen LogP contribution < -0.4 is 10.9 Å². The van der Waals surface area contributed by atoms with Crippen LogP contribution in [-0.4, -0.2) is 35.0 Å². The monoisotopic (exact) mass is 587 g/mol. The second-order valence-corrected chi connectivity index (χ2v) is 10.9. The minimum atomic E-state index is -0.487. The summed E-state index contributed by atoms with van der Waals surface area (Å²) in [7, 11) is 0. The summed E-state index contributed by atoms with van der Waals surface area (Å²) in [4.78, 5) is 40.0. The summed E-state index contributed by atoms with van der Waals surface area (Å²) in [5.74, 6) is -0.925. The van der Waals surface area contributed by atoms with Crippen LogP contribution >= 0.6 is 23.1 Å². The Kier molecular flexibility index (Phi) is 7.38. The lowest BCUT2D eigenvalue weighted by atomic mass is 9.96. The highest BCUT2D eigenvalue weighted by Crippen LogP contribution is 2.34. The molecule has 5 aromatic rings. The van der Waals surface area contributed by atoms with Crippen molar-refractivity contribution in [2.75, 3.05) is 5.32 Å². The standard InChI is InChI=1S/C29H23ClFN7O2S/c1-16-3-2-4-27(25-11-23(32-14-33-25)21-10-18(31)6-8-22(21)35-29(16)40)38-15-34-24(12-28(38)39)20-9-17(30)5-7-19(20)26-13-41-37-36-26/h5-16,27H,2-4H2,1H3,(H,35,40)/t16-,27+/m1/s1. The van der Waals surface area contributed by atoms with E-state index in [0.717, 1.165) is 5.56 Å². The molecule has 206 valence electrons. The number of anilines is 1. The Labute approximate surface area is 243 Å². The van der Waals surface area contributed by atoms with Crippen molar-refractivity contribution in [1.29, 1.82) is 0 Å². The van der Waals surface area contributed by atoms with Crippen LogP contribution in [0.15, 0.2) is 71.4 Å². The molecule has 6 rings (SSSR count). The Hall–Kier alpha value is -4.35. The first-order valence-corrected chi connectivity index (χ1v) is 14.2. The third-order valence-electron chi connectivity index (χ3n) is 7.17. The third-order valence-corrected chi connectivity index (χ3v) is 7.91. The fraction of sp³-hybridized carbons (Fsp3) is 0.207. The van der Waals surface area contributed by atoms with Gasteiger partial charge in [-0.25, -0.2) is 19.3 Å². The molecule has 3 aromatic heterocycles. The zero-order valence-electron chi connectivity index (χ0n) is 21.8. The van der Waals surface area contributed by atoms with Gasteiger partial charge in [0.05, 0.1) is 35.1 Å². The second-order valence-electron chi connectivity index (χ2n) is 9.85. The summed E-state index contributed by atoms with van der Waals surface area (Å²) < 4.78 is 19.8. The van der Waals surface area contributed by atoms with Crippen molar-refractivity contribution in [2.45, 2.75) is 32.2 Å². The number of hydrogen-bond donors (Lipinski definition) is 1. The lowest BCUT2D eigenvalue weighted by Crippen LogP contribution is -2.27. The van der Waals surface area contributed by atoms with Gasteiger partial charge in [-0.3, -0.25) is 14.2 Å². The molecule has 0 saturated carbocycles. The molecule has 0 unspecified atom stereocenters. The van der Waals surface area contributed by atoms with Crippen LogP contribution in [0.25, 0.3) is 33.8 Å². The van der Waals surface area contributed by atoms with Gasteiger partial charge in [-0.2, -0.15) is 0 Å². The van der Waals surface area contributed by atoms with Gasteiger partial charge in [-0.05, 0) is 60.8 Å². The van der Waals surface area contributed by atoms with Gasteiger partial charge in [-0.15, -0.1) is 5.10 Å². The molecule has 2 aromatic carbocycles. The van der Waals surface area contributed by atoms with Gasteiger partial charge in [0.15, 0.2) is 0 Å². The average molecular weight is 588 g/mol. The normalized spacial score (nSPS) is 17.2. The molecule has 0 spiro atoms. The lowest BCUT2D eigenvalue weighted by molar-refractivity contribution is -0.119. The van der Waals surface area contributed by atoms with Crippen molar-refractivity contribution >= 4 is 34.7 Å². The molecule has 9 nitrogen and oxygen atoms in total. The van der Waals surface area contributed by atoms with Crippen LogP contribution in [0.1, 0.15) is 37.9 Å². The van der Waals surface area contributed by atoms with Crippen molar-refractivity contribution in [1.82, 2.24) is 29.1 Å². The fourth-order valence-corrected chi connectivity index (χ4v) is 5.63. The summed E-state index contributed by atoms with van der Waals surface area (Å²) in [6.45, 7) is 1.85. The zero-order chi connectivity index (χ0) is 28.5. The second kappa shape index (κ2) is 11.3. The molecular formula is C29H23ClFN7O2S. The Balaban J connectivity index is 1.44. The number of aromatic nitrogens is 6. The zero-order valence-corrected chi connectivity index (χ0v) is 23.4. The third kappa shape index (κ3) is 5.50. The Bertz CT molecular complexity index is 1810. The number of halogens is 2. The number of rotatable bonds is 3. The number of carbonyl (C=O) groups excluding carboxylic acids is 1. The van der Waals surface area contributed by atoms with E-state index in [1.165, 1.54) is 53.0 Å². The van der Waals surface area contributed by atoms with E-state index < -0.39 is 11.9 Å². The van der Waals surface area contributed by atoms with E-state index in [2.05, 4.69) is 29.9 Å². The van der Waals surface area contributed by atoms with Gasteiger partial charge in [0, 0.05) is 39.1 Å². The Morgan fingerprint density at radius 3 is 2.61 bits per heavy atom. The van der Waals surface area contributed by atoms with Crippen molar-refractivity contribution in [3.8, 4) is 33.8 Å². The maximum absolute atomic E-state index is 14.3. The molecule has 4 heterocycles. The predicted molar refractivity (Wildman–Crippen MR) is 155 cm³/mol. The quantitative estimate of drug-likeness (QED) is 0.274. The Morgan fingerprint density at radius 2 is 1.80 bits per heavy atom. The average Bonchev–Trinajstić information content (AvgIpc) is 3.51. The van der Waals surface area contributed by atoms with Gasteiger partial charge in [-0.1, -0.05) is 35.5 Å². The molecule has 1 amide bonds. The summed E-state index contributed by atoms with van der Waals surface area (Å²) in [5, 5.41) is 9.39. The van der Waals surface area contributed by atoms with E-state index in [1.54, 1.807) is 18.2 Å². The number of nitrogens with one attached hydrogen (secondary N) is 1. The fourth-order valence-electron chi connectivity index (χ4n) is 5.00. The SMILES string of the molecule is C[C@@H]1CCC[C@H](n2cnc(-c3cc(Cl)ccc3-c3csnn3)cc2=O)c2cc(ncn2)-c2cc(F)ccc2NC1=O. The number of nitrogens with zero attached hydrogens (tertiary/aromatic N) is 6. The minimum absolute atomic E-state index is 0.167. The van der Waals surface area contributed by atoms with Gasteiger partial charge in [0.25, 0.3) is 5.56 Å². The van der Waals surface area contributed by atoms with Gasteiger partial charge in [0.2, 0.25) is 5.91 Å². The molecule has 0 saturated heterocycles. The summed E-state index contributed by atoms with van der Waals surface area (Å²) in [5.41, 5.74) is 4.15. The number of hydrogen-bond acceptors (Lipinski definition) is 8. The van der Waals surface area contributed by atoms with E-state index in [0.29, 0.717) is 63.9 Å². The predicted octanol–water partition coefficient (Wildman–Crippen LogP) is 6.03. The van der Waals surface area contributed by atoms with E-state index in [4.69, 9.17) is 11.6 Å². The molecule has 0 aliphatic carbocycles. The Morgan fingerprint density at radius 1 is 0.951 bits per heavy atom. The molecule has 0 fully saturated rings. The molecule has 12 heteroatoms. The van der Waals surface area contributed by atoms with Crippen LogP contribution in [0.2, 0.25) is 5.02 Å². The van der Waals surface area contributed by atoms with Gasteiger partial charge < -0.3 is 5.32 Å². The first-order chi connectivity index (χ1) is 19.9. The number of carbonyl (C=O) groups is 1. The first-order valence-electron chi connectivity index (χ1n) is 13.0. The largest absolute Gasteiger partial charge is 0.325 e. The topological polar surface area (TPSA) is 116 Å². The maximum atomic E-state index is 14.3. The van der Waals surface area contributed by atoms with Crippen LogP contribution in [0, 0.1) is 11.7 Å². The highest BCUT2D eigenvalue weighted by atomic mass is 35.5. The number of fused-ring (bicyclic) bond motifs is 4. The molecule has 1 aliphatic rings. The van der Waals surface area contributed by atoms with Crippen LogP contribution in [0.5, 0.6) is 0 Å². The molecule has 41 heavy (non-hydrogen) atoms. The van der Waals surface area contributed by atoms with E-state index in [-0.39, 0.29) is 17.4 Å². The molecular weight excluding hydrogens is 565 g/mol. The van der Waals surface area contributed by atoms with E-state index >= 15 is 0 Å². The molecule has 1 aliphatic heterocycles. The smallest absolute Gasteiger partial charge is 0.254 e. The van der Waals surface area contributed by atoms with Crippen molar-refractivity contribution < 1.29 is 9.18 Å². The number of amides is 1. The van der Waals surface area contributed by atoms with Gasteiger partial charge in [0.1, 0.15) is 17.8 Å². The van der Waals surface area contributed by atoms with Crippen molar-refractivity contribution in [3.05, 3.63) is 93.5 Å². The van der Waals surface area contributed by atoms with Crippen LogP contribution in [-0.2, 0) is 4.79 Å². The molecule has 2 atom stereocenters. The first kappa shape index (κ1) is 26.9.